The minimum absolute atomic E-state index is 0.167. The molecule has 1 aliphatic heterocycles. The number of nitrogens with one attached hydrogen (secondary N) is 2. The van der Waals surface area contributed by atoms with Gasteiger partial charge in [-0.3, -0.25) is 9.59 Å². The van der Waals surface area contributed by atoms with Gasteiger partial charge < -0.3 is 19.9 Å². The van der Waals surface area contributed by atoms with E-state index in [-0.39, 0.29) is 11.8 Å². The van der Waals surface area contributed by atoms with E-state index >= 15 is 0 Å². The van der Waals surface area contributed by atoms with Gasteiger partial charge in [-0.15, -0.1) is 0 Å². The Bertz CT molecular complexity index is 1070. The lowest BCUT2D eigenvalue weighted by atomic mass is 10.1. The van der Waals surface area contributed by atoms with Crippen LogP contribution in [0.2, 0.25) is 0 Å². The summed E-state index contributed by atoms with van der Waals surface area (Å²) in [5.41, 5.74) is 3.25. The molecule has 7 heteroatoms. The van der Waals surface area contributed by atoms with E-state index in [9.17, 15) is 9.59 Å². The first-order valence-corrected chi connectivity index (χ1v) is 10.4. The maximum Gasteiger partial charge on any atom is 0.253 e. The van der Waals surface area contributed by atoms with Crippen LogP contribution in [0.5, 0.6) is 0 Å². The maximum absolute atomic E-state index is 12.6. The van der Waals surface area contributed by atoms with Crippen LogP contribution >= 0.6 is 0 Å². The van der Waals surface area contributed by atoms with E-state index in [0.29, 0.717) is 24.4 Å². The van der Waals surface area contributed by atoms with Crippen molar-refractivity contribution < 1.29 is 14.3 Å². The Morgan fingerprint density at radius 2 is 2.00 bits per heavy atom. The van der Waals surface area contributed by atoms with Crippen molar-refractivity contribution >= 4 is 17.5 Å². The summed E-state index contributed by atoms with van der Waals surface area (Å²) in [5.74, 6) is 0.606. The average molecular weight is 418 g/mol. The normalized spacial score (nSPS) is 15.6. The average Bonchev–Trinajstić information content (AvgIpc) is 3.45. The fourth-order valence-electron chi connectivity index (χ4n) is 3.64. The largest absolute Gasteiger partial charge is 0.368 e. The molecule has 160 valence electrons. The van der Waals surface area contributed by atoms with Crippen LogP contribution in [-0.2, 0) is 22.6 Å². The SMILES string of the molecule is Cc1nccn1Cc1cccc(CNC(=O)c2cccc(NC(=O)C3CCCO3)c2)c1. The van der Waals surface area contributed by atoms with Crippen LogP contribution < -0.4 is 10.6 Å². The predicted octanol–water partition coefficient (Wildman–Crippen LogP) is 3.29. The Kier molecular flexibility index (Phi) is 6.43. The number of anilines is 1. The van der Waals surface area contributed by atoms with Gasteiger partial charge in [-0.2, -0.15) is 0 Å². The Balaban J connectivity index is 1.35. The molecule has 1 aliphatic rings. The smallest absolute Gasteiger partial charge is 0.253 e. The van der Waals surface area contributed by atoms with Crippen LogP contribution in [0.3, 0.4) is 0 Å². The van der Waals surface area contributed by atoms with Gasteiger partial charge in [-0.25, -0.2) is 4.98 Å². The van der Waals surface area contributed by atoms with Crippen molar-refractivity contribution in [2.45, 2.75) is 39.0 Å². The van der Waals surface area contributed by atoms with Crippen LogP contribution in [0.15, 0.2) is 60.9 Å². The minimum atomic E-state index is -0.407. The molecule has 2 N–H and O–H groups in total. The Morgan fingerprint density at radius 1 is 1.16 bits per heavy atom. The summed E-state index contributed by atoms with van der Waals surface area (Å²) in [5, 5.41) is 5.79. The summed E-state index contributed by atoms with van der Waals surface area (Å²) < 4.78 is 7.48. The van der Waals surface area contributed by atoms with E-state index in [0.717, 1.165) is 36.3 Å². The molecule has 1 saturated heterocycles. The molecule has 1 atom stereocenters. The highest BCUT2D eigenvalue weighted by molar-refractivity contribution is 5.98. The van der Waals surface area contributed by atoms with Crippen molar-refractivity contribution in [3.05, 3.63) is 83.4 Å². The summed E-state index contributed by atoms with van der Waals surface area (Å²) >= 11 is 0. The Hall–Kier alpha value is -3.45. The van der Waals surface area contributed by atoms with E-state index in [1.165, 1.54) is 0 Å². The van der Waals surface area contributed by atoms with Gasteiger partial charge in [0, 0.05) is 43.3 Å². The summed E-state index contributed by atoms with van der Waals surface area (Å²) in [6, 6.07) is 15.1. The summed E-state index contributed by atoms with van der Waals surface area (Å²) in [4.78, 5) is 29.1. The highest BCUT2D eigenvalue weighted by Crippen LogP contribution is 2.16. The highest BCUT2D eigenvalue weighted by Gasteiger charge is 2.23. The molecule has 0 radical (unpaired) electrons. The number of nitrogens with zero attached hydrogens (tertiary/aromatic N) is 2. The molecular formula is C24H26N4O3. The van der Waals surface area contributed by atoms with Crippen LogP contribution in [0.25, 0.3) is 0 Å². The highest BCUT2D eigenvalue weighted by atomic mass is 16.5. The summed E-state index contributed by atoms with van der Waals surface area (Å²) in [6.07, 6.45) is 4.95. The van der Waals surface area contributed by atoms with Gasteiger partial charge in [0.1, 0.15) is 11.9 Å². The number of hydrogen-bond donors (Lipinski definition) is 2. The molecule has 0 aliphatic carbocycles. The third kappa shape index (κ3) is 5.38. The van der Waals surface area contributed by atoms with E-state index in [2.05, 4.69) is 32.3 Å². The van der Waals surface area contributed by atoms with E-state index in [1.807, 2.05) is 25.3 Å². The number of aryl methyl sites for hydroxylation is 1. The lowest BCUT2D eigenvalue weighted by Crippen LogP contribution is -2.27. The lowest BCUT2D eigenvalue weighted by molar-refractivity contribution is -0.124. The van der Waals surface area contributed by atoms with Gasteiger partial charge in [0.15, 0.2) is 0 Å². The number of aromatic nitrogens is 2. The first-order chi connectivity index (χ1) is 15.1. The molecule has 2 heterocycles. The van der Waals surface area contributed by atoms with Crippen LogP contribution in [0, 0.1) is 6.92 Å². The second kappa shape index (κ2) is 9.57. The zero-order chi connectivity index (χ0) is 21.6. The van der Waals surface area contributed by atoms with Crippen molar-refractivity contribution in [3.63, 3.8) is 0 Å². The fourth-order valence-corrected chi connectivity index (χ4v) is 3.64. The molecule has 7 nitrogen and oxygen atoms in total. The molecule has 3 aromatic rings. The molecule has 4 rings (SSSR count). The molecule has 31 heavy (non-hydrogen) atoms. The van der Waals surface area contributed by atoms with E-state index < -0.39 is 6.10 Å². The van der Waals surface area contributed by atoms with Crippen LogP contribution in [-0.4, -0.2) is 34.1 Å². The number of imidazole rings is 1. The van der Waals surface area contributed by atoms with E-state index in [1.54, 1.807) is 30.5 Å². The second-order valence-corrected chi connectivity index (χ2v) is 7.68. The van der Waals surface area contributed by atoms with Gasteiger partial charge in [0.2, 0.25) is 0 Å². The number of hydrogen-bond acceptors (Lipinski definition) is 4. The second-order valence-electron chi connectivity index (χ2n) is 7.68. The quantitative estimate of drug-likeness (QED) is 0.617. The topological polar surface area (TPSA) is 85.3 Å². The van der Waals surface area contributed by atoms with Gasteiger partial charge in [0.25, 0.3) is 11.8 Å². The van der Waals surface area contributed by atoms with Gasteiger partial charge in [0.05, 0.1) is 0 Å². The van der Waals surface area contributed by atoms with E-state index in [4.69, 9.17) is 4.74 Å². The molecule has 1 fully saturated rings. The summed E-state index contributed by atoms with van der Waals surface area (Å²) in [6.45, 7) is 3.74. The third-order valence-electron chi connectivity index (χ3n) is 5.34. The Morgan fingerprint density at radius 3 is 2.77 bits per heavy atom. The minimum Gasteiger partial charge on any atom is -0.368 e. The molecule has 2 aromatic carbocycles. The standard InChI is InChI=1S/C24H26N4O3/c1-17-25-10-11-28(17)16-19-6-2-5-18(13-19)15-26-23(29)20-7-3-8-21(14-20)27-24(30)22-9-4-12-31-22/h2-3,5-8,10-11,13-14,22H,4,9,12,15-16H2,1H3,(H,26,29)(H,27,30). The Labute approximate surface area is 181 Å². The zero-order valence-corrected chi connectivity index (χ0v) is 17.5. The number of carbonyl (C=O) groups is 2. The van der Waals surface area contributed by atoms with Crippen molar-refractivity contribution in [1.82, 2.24) is 14.9 Å². The number of amides is 2. The number of ether oxygens (including phenoxy) is 1. The monoisotopic (exact) mass is 418 g/mol. The number of benzene rings is 2. The van der Waals surface area contributed by atoms with Crippen LogP contribution in [0.4, 0.5) is 5.69 Å². The first kappa shape index (κ1) is 20.8. The maximum atomic E-state index is 12.6. The van der Waals surface area contributed by atoms with Crippen molar-refractivity contribution in [1.29, 1.82) is 0 Å². The number of carbonyl (C=O) groups excluding carboxylic acids is 2. The molecule has 0 saturated carbocycles. The first-order valence-electron chi connectivity index (χ1n) is 10.4. The summed E-state index contributed by atoms with van der Waals surface area (Å²) in [7, 11) is 0. The van der Waals surface area contributed by atoms with Crippen molar-refractivity contribution in [2.75, 3.05) is 11.9 Å². The molecule has 1 unspecified atom stereocenters. The van der Waals surface area contributed by atoms with Gasteiger partial charge in [-0.1, -0.05) is 30.3 Å². The molecule has 0 spiro atoms. The van der Waals surface area contributed by atoms with Gasteiger partial charge >= 0.3 is 0 Å². The molecular weight excluding hydrogens is 392 g/mol. The zero-order valence-electron chi connectivity index (χ0n) is 17.5. The van der Waals surface area contributed by atoms with Crippen molar-refractivity contribution in [2.24, 2.45) is 0 Å². The lowest BCUT2D eigenvalue weighted by Gasteiger charge is -2.12. The molecule has 1 aromatic heterocycles. The van der Waals surface area contributed by atoms with Crippen molar-refractivity contribution in [3.8, 4) is 0 Å². The van der Waals surface area contributed by atoms with Gasteiger partial charge in [-0.05, 0) is 49.1 Å². The number of rotatable bonds is 7. The molecule has 2 amide bonds. The molecule has 0 bridgehead atoms. The third-order valence-corrected chi connectivity index (χ3v) is 5.34. The fraction of sp³-hybridized carbons (Fsp3) is 0.292. The predicted molar refractivity (Wildman–Crippen MR) is 118 cm³/mol. The van der Waals surface area contributed by atoms with Crippen LogP contribution in [0.1, 0.15) is 40.2 Å².